The zero-order chi connectivity index (χ0) is 25.0. The van der Waals surface area contributed by atoms with Crippen molar-refractivity contribution in [2.75, 3.05) is 31.1 Å². The maximum Gasteiger partial charge on any atom is 0.309 e. The van der Waals surface area contributed by atoms with E-state index in [1.54, 1.807) is 6.07 Å². The van der Waals surface area contributed by atoms with Crippen molar-refractivity contribution in [1.82, 2.24) is 4.90 Å². The van der Waals surface area contributed by atoms with Gasteiger partial charge in [0.1, 0.15) is 11.7 Å². The number of carboxylic acids is 1. The number of hydrogen-bond donors (Lipinski definition) is 2. The van der Waals surface area contributed by atoms with Crippen LogP contribution in [0, 0.1) is 40.3 Å². The lowest BCUT2D eigenvalue weighted by atomic mass is 9.48. The number of aliphatic imine (C=N–C) groups is 1. The van der Waals surface area contributed by atoms with Gasteiger partial charge in [0.25, 0.3) is 0 Å². The maximum absolute atomic E-state index is 13.5. The van der Waals surface area contributed by atoms with E-state index in [0.717, 1.165) is 24.9 Å². The quantitative estimate of drug-likeness (QED) is 0.452. The van der Waals surface area contributed by atoms with Crippen LogP contribution in [-0.4, -0.2) is 59.6 Å². The highest BCUT2D eigenvalue weighted by atomic mass is 35.5. The molecule has 6 rings (SSSR count). The molecular weight excluding hydrogens is 469 g/mol. The molecule has 3 unspecified atom stereocenters. The average Bonchev–Trinajstić information content (AvgIpc) is 2.81. The van der Waals surface area contributed by atoms with E-state index >= 15 is 0 Å². The third-order valence-electron chi connectivity index (χ3n) is 9.17. The molecule has 7 nitrogen and oxygen atoms in total. The third-order valence-corrected chi connectivity index (χ3v) is 9.47. The number of carboxylic acid groups (broad SMARTS) is 1. The third kappa shape index (κ3) is 4.17. The van der Waals surface area contributed by atoms with E-state index in [0.29, 0.717) is 55.8 Å². The Morgan fingerprint density at radius 1 is 1.29 bits per heavy atom. The number of rotatable bonds is 6. The summed E-state index contributed by atoms with van der Waals surface area (Å²) in [6.07, 6.45) is 4.45. The van der Waals surface area contributed by atoms with E-state index < -0.39 is 16.9 Å². The Balaban J connectivity index is 1.33. The van der Waals surface area contributed by atoms with E-state index in [2.05, 4.69) is 15.9 Å². The van der Waals surface area contributed by atoms with Gasteiger partial charge in [-0.3, -0.25) is 14.7 Å². The highest BCUT2D eigenvalue weighted by molar-refractivity contribution is 6.33. The SMILES string of the molecule is CC(CC#N)(C(N)=NC1C2CC3CC1CC(C(=O)O)(C3)C2)N1CCN(c2ccc(F)cc2Cl)CC1. The van der Waals surface area contributed by atoms with Gasteiger partial charge in [0.2, 0.25) is 0 Å². The van der Waals surface area contributed by atoms with Gasteiger partial charge >= 0.3 is 5.97 Å². The molecule has 5 aliphatic rings. The lowest BCUT2D eigenvalue weighted by Gasteiger charge is -2.57. The summed E-state index contributed by atoms with van der Waals surface area (Å²) < 4.78 is 13.5. The van der Waals surface area contributed by atoms with E-state index in [4.69, 9.17) is 22.3 Å². The van der Waals surface area contributed by atoms with Crippen molar-refractivity contribution >= 4 is 29.1 Å². The van der Waals surface area contributed by atoms with Crippen LogP contribution in [0.15, 0.2) is 23.2 Å². The molecule has 1 heterocycles. The van der Waals surface area contributed by atoms with E-state index in [9.17, 15) is 19.6 Å². The highest BCUT2D eigenvalue weighted by Gasteiger charge is 2.59. The smallest absolute Gasteiger partial charge is 0.309 e. The first-order chi connectivity index (χ1) is 16.6. The van der Waals surface area contributed by atoms with Crippen LogP contribution in [0.1, 0.15) is 45.4 Å². The summed E-state index contributed by atoms with van der Waals surface area (Å²) in [6.45, 7) is 4.69. The molecule has 4 bridgehead atoms. The molecule has 0 radical (unpaired) electrons. The van der Waals surface area contributed by atoms with Gasteiger partial charge in [0.05, 0.1) is 40.2 Å². The van der Waals surface area contributed by atoms with Gasteiger partial charge in [0, 0.05) is 26.2 Å². The Morgan fingerprint density at radius 2 is 1.94 bits per heavy atom. The lowest BCUT2D eigenvalue weighted by Crippen LogP contribution is -2.62. The predicted molar refractivity (Wildman–Crippen MR) is 133 cm³/mol. The number of piperazine rings is 1. The monoisotopic (exact) mass is 501 g/mol. The normalized spacial score (nSPS) is 34.5. The Labute approximate surface area is 210 Å². The fourth-order valence-electron chi connectivity index (χ4n) is 7.47. The van der Waals surface area contributed by atoms with Crippen molar-refractivity contribution in [3.05, 3.63) is 29.0 Å². The minimum absolute atomic E-state index is 0.0383. The van der Waals surface area contributed by atoms with Crippen molar-refractivity contribution in [2.24, 2.45) is 33.9 Å². The topological polar surface area (TPSA) is 106 Å². The first-order valence-corrected chi connectivity index (χ1v) is 12.9. The molecule has 0 aromatic heterocycles. The van der Waals surface area contributed by atoms with Crippen molar-refractivity contribution in [1.29, 1.82) is 5.26 Å². The Hall–Kier alpha value is -2.37. The summed E-state index contributed by atoms with van der Waals surface area (Å²) in [6, 6.07) is 6.79. The summed E-state index contributed by atoms with van der Waals surface area (Å²) in [5.74, 6) is 0.449. The van der Waals surface area contributed by atoms with Gasteiger partial charge in [-0.2, -0.15) is 5.26 Å². The molecule has 4 aliphatic carbocycles. The van der Waals surface area contributed by atoms with Crippen molar-refractivity contribution < 1.29 is 14.3 Å². The number of carbonyl (C=O) groups is 1. The van der Waals surface area contributed by atoms with Gasteiger partial charge in [-0.05, 0) is 75.0 Å². The summed E-state index contributed by atoms with van der Waals surface area (Å²) >= 11 is 6.27. The largest absolute Gasteiger partial charge is 0.481 e. The Morgan fingerprint density at radius 3 is 2.51 bits per heavy atom. The number of amidine groups is 1. The van der Waals surface area contributed by atoms with Gasteiger partial charge < -0.3 is 15.7 Å². The molecule has 9 heteroatoms. The molecule has 35 heavy (non-hydrogen) atoms. The van der Waals surface area contributed by atoms with Crippen LogP contribution in [0.4, 0.5) is 10.1 Å². The van der Waals surface area contributed by atoms with Gasteiger partial charge in [0.15, 0.2) is 0 Å². The second-order valence-corrected chi connectivity index (χ2v) is 11.6. The molecule has 5 fully saturated rings. The molecule has 0 amide bonds. The first kappa shape index (κ1) is 24.3. The second kappa shape index (κ2) is 8.94. The number of benzene rings is 1. The minimum atomic E-state index is -0.702. The summed E-state index contributed by atoms with van der Waals surface area (Å²) in [5, 5.41) is 20.0. The van der Waals surface area contributed by atoms with Crippen LogP contribution in [0.3, 0.4) is 0 Å². The van der Waals surface area contributed by atoms with Crippen molar-refractivity contribution in [3.8, 4) is 6.07 Å². The van der Waals surface area contributed by atoms with E-state index in [-0.39, 0.29) is 30.1 Å². The van der Waals surface area contributed by atoms with Crippen LogP contribution < -0.4 is 10.6 Å². The number of anilines is 1. The van der Waals surface area contributed by atoms with Crippen molar-refractivity contribution in [3.63, 3.8) is 0 Å². The Kier molecular flexibility index (Phi) is 6.21. The summed E-state index contributed by atoms with van der Waals surface area (Å²) in [4.78, 5) is 21.5. The Bertz CT molecular complexity index is 1070. The van der Waals surface area contributed by atoms with Gasteiger partial charge in [-0.1, -0.05) is 11.6 Å². The first-order valence-electron chi connectivity index (χ1n) is 12.5. The molecule has 1 aromatic carbocycles. The molecular formula is C26H33ClFN5O2. The molecule has 1 saturated heterocycles. The van der Waals surface area contributed by atoms with E-state index in [1.165, 1.54) is 12.1 Å². The van der Waals surface area contributed by atoms with E-state index in [1.807, 2.05) is 6.92 Å². The molecule has 3 atom stereocenters. The number of hydrogen-bond acceptors (Lipinski definition) is 5. The fourth-order valence-corrected chi connectivity index (χ4v) is 7.75. The zero-order valence-corrected chi connectivity index (χ0v) is 20.8. The number of nitrogens with zero attached hydrogens (tertiary/aromatic N) is 4. The van der Waals surface area contributed by atoms with Crippen LogP contribution >= 0.6 is 11.6 Å². The number of aliphatic carboxylic acids is 1. The summed E-state index contributed by atoms with van der Waals surface area (Å²) in [5.41, 5.74) is 6.22. The predicted octanol–water partition coefficient (Wildman–Crippen LogP) is 3.91. The van der Waals surface area contributed by atoms with Crippen LogP contribution in [0.2, 0.25) is 5.02 Å². The number of nitrogens with two attached hydrogens (primary N) is 1. The lowest BCUT2D eigenvalue weighted by molar-refractivity contribution is -0.166. The molecule has 4 saturated carbocycles. The van der Waals surface area contributed by atoms with Crippen LogP contribution in [0.25, 0.3) is 0 Å². The molecule has 0 spiro atoms. The molecule has 3 N–H and O–H groups in total. The fraction of sp³-hybridized carbons (Fsp3) is 0.654. The van der Waals surface area contributed by atoms with Crippen LogP contribution in [-0.2, 0) is 4.79 Å². The maximum atomic E-state index is 13.5. The standard InChI is InChI=1S/C26H33ClFN5O2/c1-25(4-5-29,33-8-6-32(7-9-33)21-3-2-19(28)12-20(21)27)23(30)31-22-17-10-16-11-18(22)15-26(13-16,14-17)24(34)35/h2-3,12,16-18,22H,4,6-11,13-15H2,1H3,(H2,30,31)(H,34,35). The molecule has 188 valence electrons. The minimum Gasteiger partial charge on any atom is -0.481 e. The highest BCUT2D eigenvalue weighted by Crippen LogP contribution is 2.61. The number of nitriles is 1. The molecule has 1 aromatic rings. The average molecular weight is 502 g/mol. The summed E-state index contributed by atoms with van der Waals surface area (Å²) in [7, 11) is 0. The second-order valence-electron chi connectivity index (χ2n) is 11.2. The van der Waals surface area contributed by atoms with Gasteiger partial charge in [-0.15, -0.1) is 0 Å². The van der Waals surface area contributed by atoms with Crippen LogP contribution in [0.5, 0.6) is 0 Å². The molecule has 1 aliphatic heterocycles. The zero-order valence-electron chi connectivity index (χ0n) is 20.1. The number of halogens is 2. The van der Waals surface area contributed by atoms with Gasteiger partial charge in [-0.25, -0.2) is 4.39 Å². The van der Waals surface area contributed by atoms with Crippen molar-refractivity contribution in [2.45, 2.75) is 57.0 Å².